The van der Waals surface area contributed by atoms with Gasteiger partial charge in [-0.25, -0.2) is 4.98 Å². The van der Waals surface area contributed by atoms with Gasteiger partial charge in [0.15, 0.2) is 5.82 Å². The van der Waals surface area contributed by atoms with Crippen LogP contribution in [0.1, 0.15) is 43.7 Å². The first kappa shape index (κ1) is 24.2. The first-order valence-corrected chi connectivity index (χ1v) is 13.3. The summed E-state index contributed by atoms with van der Waals surface area (Å²) in [6.07, 6.45) is 8.45. The second-order valence-corrected chi connectivity index (χ2v) is 10.4. The summed E-state index contributed by atoms with van der Waals surface area (Å²) in [5.74, 6) is 3.39. The standard InChI is InChI=1S/C27H32N4O2S.ClH/c1-30-24-10-15-34-26(24)17-25(30)27-29-23(19-4-2-5-19)18-31(27)13-14-32-21-6-3-7-22(16-21)33-20-8-11-28-12-9-20;/h3,6-7,10,15-20,28H,2,4-5,8-9,11-14H2,1H3;1H. The maximum absolute atomic E-state index is 6.18. The summed E-state index contributed by atoms with van der Waals surface area (Å²) in [4.78, 5) is 5.11. The zero-order valence-electron chi connectivity index (χ0n) is 20.1. The van der Waals surface area contributed by atoms with Gasteiger partial charge in [-0.3, -0.25) is 0 Å². The van der Waals surface area contributed by atoms with Crippen LogP contribution in [0.25, 0.3) is 21.7 Å². The summed E-state index contributed by atoms with van der Waals surface area (Å²) in [6, 6.07) is 12.5. The van der Waals surface area contributed by atoms with Crippen LogP contribution in [0.2, 0.25) is 0 Å². The highest BCUT2D eigenvalue weighted by atomic mass is 35.5. The number of halogens is 1. The average Bonchev–Trinajstić information content (AvgIpc) is 3.50. The molecule has 4 heterocycles. The van der Waals surface area contributed by atoms with Gasteiger partial charge in [0.2, 0.25) is 0 Å². The summed E-state index contributed by atoms with van der Waals surface area (Å²) in [5.41, 5.74) is 3.66. The van der Waals surface area contributed by atoms with Crippen LogP contribution in [0, 0.1) is 0 Å². The molecule has 1 aromatic carbocycles. The molecule has 1 aliphatic heterocycles. The molecule has 8 heteroatoms. The first-order chi connectivity index (χ1) is 16.7. The molecule has 186 valence electrons. The van der Waals surface area contributed by atoms with E-state index >= 15 is 0 Å². The van der Waals surface area contributed by atoms with Crippen molar-refractivity contribution in [1.29, 1.82) is 0 Å². The molecule has 0 unspecified atom stereocenters. The lowest BCUT2D eigenvalue weighted by Gasteiger charge is -2.24. The second-order valence-electron chi connectivity index (χ2n) is 9.46. The summed E-state index contributed by atoms with van der Waals surface area (Å²) >= 11 is 1.78. The van der Waals surface area contributed by atoms with Gasteiger partial charge in [0, 0.05) is 25.2 Å². The van der Waals surface area contributed by atoms with Gasteiger partial charge in [0.1, 0.15) is 24.2 Å². The Hall–Kier alpha value is -2.48. The van der Waals surface area contributed by atoms with Crippen molar-refractivity contribution in [2.75, 3.05) is 19.7 Å². The molecule has 0 radical (unpaired) electrons. The molecule has 2 aliphatic rings. The number of rotatable bonds is 8. The molecule has 1 saturated heterocycles. The van der Waals surface area contributed by atoms with Crippen LogP contribution in [-0.4, -0.2) is 39.9 Å². The van der Waals surface area contributed by atoms with E-state index in [9.17, 15) is 0 Å². The fraction of sp³-hybridized carbons (Fsp3) is 0.444. The minimum absolute atomic E-state index is 0. The van der Waals surface area contributed by atoms with Crippen LogP contribution in [0.3, 0.4) is 0 Å². The third-order valence-electron chi connectivity index (χ3n) is 7.21. The fourth-order valence-electron chi connectivity index (χ4n) is 4.98. The first-order valence-electron chi connectivity index (χ1n) is 12.5. The minimum Gasteiger partial charge on any atom is -0.492 e. The molecule has 4 aromatic rings. The van der Waals surface area contributed by atoms with Gasteiger partial charge in [-0.2, -0.15) is 0 Å². The predicted octanol–water partition coefficient (Wildman–Crippen LogP) is 6.00. The second kappa shape index (κ2) is 10.6. The monoisotopic (exact) mass is 512 g/mol. The number of nitrogens with one attached hydrogen (secondary N) is 1. The Labute approximate surface area is 216 Å². The van der Waals surface area contributed by atoms with Gasteiger partial charge in [-0.15, -0.1) is 23.7 Å². The van der Waals surface area contributed by atoms with Gasteiger partial charge >= 0.3 is 0 Å². The molecule has 2 fully saturated rings. The van der Waals surface area contributed by atoms with Gasteiger partial charge in [-0.1, -0.05) is 12.5 Å². The quantitative estimate of drug-likeness (QED) is 0.314. The molecule has 6 rings (SSSR count). The highest BCUT2D eigenvalue weighted by Gasteiger charge is 2.25. The number of thiophene rings is 1. The molecule has 35 heavy (non-hydrogen) atoms. The molecule has 1 aliphatic carbocycles. The normalized spacial score (nSPS) is 16.7. The van der Waals surface area contributed by atoms with Crippen molar-refractivity contribution >= 4 is 34.0 Å². The number of benzene rings is 1. The number of imidazole rings is 1. The van der Waals surface area contributed by atoms with Crippen molar-refractivity contribution in [3.05, 3.63) is 53.7 Å². The Bertz CT molecular complexity index is 1270. The Morgan fingerprint density at radius 2 is 1.91 bits per heavy atom. The Kier molecular flexibility index (Phi) is 7.37. The molecule has 0 atom stereocenters. The largest absolute Gasteiger partial charge is 0.492 e. The fourth-order valence-corrected chi connectivity index (χ4v) is 5.83. The van der Waals surface area contributed by atoms with E-state index in [1.165, 1.54) is 40.9 Å². The number of hydrogen-bond acceptors (Lipinski definition) is 5. The molecule has 0 bridgehead atoms. The summed E-state index contributed by atoms with van der Waals surface area (Å²) in [7, 11) is 2.14. The highest BCUT2D eigenvalue weighted by Crippen LogP contribution is 2.38. The van der Waals surface area contributed by atoms with Crippen LogP contribution in [-0.2, 0) is 13.6 Å². The topological polar surface area (TPSA) is 53.2 Å². The van der Waals surface area contributed by atoms with E-state index in [1.807, 2.05) is 24.3 Å². The third-order valence-corrected chi connectivity index (χ3v) is 8.06. The Morgan fingerprint density at radius 3 is 2.69 bits per heavy atom. The summed E-state index contributed by atoms with van der Waals surface area (Å²) in [5, 5.41) is 5.53. The van der Waals surface area contributed by atoms with E-state index in [0.29, 0.717) is 12.5 Å². The number of fused-ring (bicyclic) bond motifs is 1. The third kappa shape index (κ3) is 5.08. The lowest BCUT2D eigenvalue weighted by Crippen LogP contribution is -2.34. The lowest BCUT2D eigenvalue weighted by molar-refractivity contribution is 0.161. The van der Waals surface area contributed by atoms with Crippen LogP contribution < -0.4 is 14.8 Å². The van der Waals surface area contributed by atoms with E-state index in [4.69, 9.17) is 14.5 Å². The zero-order chi connectivity index (χ0) is 22.9. The number of hydrogen-bond donors (Lipinski definition) is 1. The highest BCUT2D eigenvalue weighted by molar-refractivity contribution is 7.17. The molecule has 1 saturated carbocycles. The molecule has 0 spiro atoms. The zero-order valence-corrected chi connectivity index (χ0v) is 21.7. The molecule has 3 aromatic heterocycles. The smallest absolute Gasteiger partial charge is 0.157 e. The molecule has 1 N–H and O–H groups in total. The van der Waals surface area contributed by atoms with E-state index in [1.54, 1.807) is 11.3 Å². The van der Waals surface area contributed by atoms with Crippen molar-refractivity contribution in [2.24, 2.45) is 7.05 Å². The van der Waals surface area contributed by atoms with Gasteiger partial charge < -0.3 is 23.9 Å². The number of piperidine rings is 1. The maximum atomic E-state index is 6.18. The SMILES string of the molecule is Cl.Cn1c(-c2nc(C3CCC3)cn2CCOc2cccc(OC3CCNCC3)c2)cc2sccc21. The Morgan fingerprint density at radius 1 is 1.09 bits per heavy atom. The molecule has 6 nitrogen and oxygen atoms in total. The average molecular weight is 513 g/mol. The number of aryl methyl sites for hydroxylation is 1. The van der Waals surface area contributed by atoms with Gasteiger partial charge in [0.05, 0.1) is 28.1 Å². The summed E-state index contributed by atoms with van der Waals surface area (Å²) in [6.45, 7) is 3.39. The van der Waals surface area contributed by atoms with Crippen LogP contribution in [0.15, 0.2) is 48.0 Å². The molecular formula is C27H33ClN4O2S. The molecule has 0 amide bonds. The minimum atomic E-state index is 0. The van der Waals surface area contributed by atoms with Crippen LogP contribution in [0.5, 0.6) is 11.5 Å². The van der Waals surface area contributed by atoms with E-state index in [2.05, 4.69) is 45.2 Å². The predicted molar refractivity (Wildman–Crippen MR) is 144 cm³/mol. The lowest BCUT2D eigenvalue weighted by atomic mass is 9.83. The Balaban J connectivity index is 0.00000253. The molecular weight excluding hydrogens is 480 g/mol. The number of nitrogens with zero attached hydrogens (tertiary/aromatic N) is 3. The van der Waals surface area contributed by atoms with Crippen molar-refractivity contribution < 1.29 is 9.47 Å². The van der Waals surface area contributed by atoms with Crippen molar-refractivity contribution in [3.8, 4) is 23.0 Å². The number of aromatic nitrogens is 3. The number of ether oxygens (including phenoxy) is 2. The summed E-state index contributed by atoms with van der Waals surface area (Å²) < 4.78 is 18.2. The van der Waals surface area contributed by atoms with Gasteiger partial charge in [0.25, 0.3) is 0 Å². The van der Waals surface area contributed by atoms with Crippen molar-refractivity contribution in [2.45, 2.75) is 50.7 Å². The van der Waals surface area contributed by atoms with E-state index in [-0.39, 0.29) is 18.5 Å². The van der Waals surface area contributed by atoms with Crippen LogP contribution in [0.4, 0.5) is 0 Å². The maximum Gasteiger partial charge on any atom is 0.157 e. The van der Waals surface area contributed by atoms with E-state index in [0.717, 1.165) is 49.8 Å². The van der Waals surface area contributed by atoms with Gasteiger partial charge in [-0.05, 0) is 68.4 Å². The van der Waals surface area contributed by atoms with Crippen molar-refractivity contribution in [1.82, 2.24) is 19.4 Å². The van der Waals surface area contributed by atoms with E-state index < -0.39 is 0 Å². The van der Waals surface area contributed by atoms with Crippen LogP contribution >= 0.6 is 23.7 Å². The van der Waals surface area contributed by atoms with Crippen molar-refractivity contribution in [3.63, 3.8) is 0 Å².